The van der Waals surface area contributed by atoms with Crippen molar-refractivity contribution < 1.29 is 14.3 Å². The van der Waals surface area contributed by atoms with Crippen molar-refractivity contribution in [2.24, 2.45) is 5.41 Å². The van der Waals surface area contributed by atoms with Crippen molar-refractivity contribution in [3.8, 4) is 0 Å². The molecular formula is C16H20O3. The van der Waals surface area contributed by atoms with Gasteiger partial charge in [0.15, 0.2) is 5.78 Å². The van der Waals surface area contributed by atoms with Crippen LogP contribution in [0.3, 0.4) is 0 Å². The zero-order valence-corrected chi connectivity index (χ0v) is 11.4. The maximum atomic E-state index is 12.7. The van der Waals surface area contributed by atoms with E-state index in [1.165, 1.54) is 0 Å². The summed E-state index contributed by atoms with van der Waals surface area (Å²) in [6.07, 6.45) is 4.14. The van der Waals surface area contributed by atoms with Gasteiger partial charge >= 0.3 is 5.97 Å². The molecule has 2 rings (SSSR count). The van der Waals surface area contributed by atoms with Gasteiger partial charge in [0, 0.05) is 5.56 Å². The number of benzene rings is 1. The Balaban J connectivity index is 2.32. The lowest BCUT2D eigenvalue weighted by Crippen LogP contribution is -2.42. The molecule has 0 spiro atoms. The van der Waals surface area contributed by atoms with Crippen LogP contribution in [0.5, 0.6) is 0 Å². The molecule has 0 amide bonds. The quantitative estimate of drug-likeness (QED) is 0.473. The summed E-state index contributed by atoms with van der Waals surface area (Å²) in [7, 11) is 0. The molecule has 0 bridgehead atoms. The summed E-state index contributed by atoms with van der Waals surface area (Å²) in [5, 5.41) is 0. The molecular weight excluding hydrogens is 240 g/mol. The summed E-state index contributed by atoms with van der Waals surface area (Å²) in [5.74, 6) is -0.421. The standard InChI is InChI=1S/C16H20O3/c1-2-19-15(18)16(11-7-4-8-12-16)14(17)13-9-5-3-6-10-13/h3,5-6,9-10H,2,4,7-8,11-12H2,1H3. The molecule has 0 unspecified atom stereocenters. The first-order chi connectivity index (χ1) is 9.20. The van der Waals surface area contributed by atoms with E-state index in [1.54, 1.807) is 19.1 Å². The third kappa shape index (κ3) is 2.70. The lowest BCUT2D eigenvalue weighted by atomic mass is 9.69. The van der Waals surface area contributed by atoms with E-state index < -0.39 is 5.41 Å². The first-order valence-corrected chi connectivity index (χ1v) is 6.98. The smallest absolute Gasteiger partial charge is 0.320 e. The highest BCUT2D eigenvalue weighted by Gasteiger charge is 2.47. The molecule has 0 saturated heterocycles. The van der Waals surface area contributed by atoms with Crippen molar-refractivity contribution in [1.29, 1.82) is 0 Å². The van der Waals surface area contributed by atoms with Crippen LogP contribution in [0.4, 0.5) is 0 Å². The van der Waals surface area contributed by atoms with E-state index >= 15 is 0 Å². The van der Waals surface area contributed by atoms with Crippen LogP contribution in [-0.2, 0) is 9.53 Å². The van der Waals surface area contributed by atoms with Crippen molar-refractivity contribution >= 4 is 11.8 Å². The molecule has 0 heterocycles. The minimum Gasteiger partial charge on any atom is -0.465 e. The largest absolute Gasteiger partial charge is 0.465 e. The van der Waals surface area contributed by atoms with Crippen LogP contribution < -0.4 is 0 Å². The second-order valence-electron chi connectivity index (χ2n) is 5.06. The van der Waals surface area contributed by atoms with Crippen LogP contribution in [0.1, 0.15) is 49.4 Å². The molecule has 1 aliphatic rings. The number of carbonyl (C=O) groups excluding carboxylic acids is 2. The van der Waals surface area contributed by atoms with Crippen LogP contribution in [-0.4, -0.2) is 18.4 Å². The number of hydrogen-bond donors (Lipinski definition) is 0. The highest BCUT2D eigenvalue weighted by atomic mass is 16.5. The number of Topliss-reactive ketones (excluding diaryl/α,β-unsaturated/α-hetero) is 1. The Morgan fingerprint density at radius 2 is 1.74 bits per heavy atom. The maximum Gasteiger partial charge on any atom is 0.320 e. The van der Waals surface area contributed by atoms with E-state index in [0.29, 0.717) is 25.0 Å². The Bertz CT molecular complexity index is 444. The summed E-state index contributed by atoms with van der Waals surface area (Å²) in [6, 6.07) is 9.08. The van der Waals surface area contributed by atoms with Gasteiger partial charge in [-0.15, -0.1) is 0 Å². The molecule has 19 heavy (non-hydrogen) atoms. The third-order valence-electron chi connectivity index (χ3n) is 3.84. The van der Waals surface area contributed by atoms with Crippen molar-refractivity contribution in [3.05, 3.63) is 35.9 Å². The minimum absolute atomic E-state index is 0.0775. The average Bonchev–Trinajstić information content (AvgIpc) is 2.48. The predicted molar refractivity (Wildman–Crippen MR) is 72.9 cm³/mol. The van der Waals surface area contributed by atoms with Gasteiger partial charge in [-0.3, -0.25) is 9.59 Å². The Labute approximate surface area is 114 Å². The number of carbonyl (C=O) groups is 2. The van der Waals surface area contributed by atoms with E-state index in [-0.39, 0.29) is 11.8 Å². The average molecular weight is 260 g/mol. The van der Waals surface area contributed by atoms with Crippen molar-refractivity contribution in [3.63, 3.8) is 0 Å². The zero-order chi connectivity index (χ0) is 13.7. The zero-order valence-electron chi connectivity index (χ0n) is 11.4. The lowest BCUT2D eigenvalue weighted by molar-refractivity contribution is -0.153. The van der Waals surface area contributed by atoms with Crippen LogP contribution in [0, 0.1) is 5.41 Å². The Morgan fingerprint density at radius 1 is 1.11 bits per heavy atom. The fourth-order valence-electron chi connectivity index (χ4n) is 2.81. The highest BCUT2D eigenvalue weighted by Crippen LogP contribution is 2.40. The van der Waals surface area contributed by atoms with Crippen LogP contribution in [0.15, 0.2) is 30.3 Å². The number of ketones is 1. The van der Waals surface area contributed by atoms with Gasteiger partial charge in [-0.05, 0) is 19.8 Å². The number of rotatable bonds is 4. The monoisotopic (exact) mass is 260 g/mol. The molecule has 1 aliphatic carbocycles. The SMILES string of the molecule is CCOC(=O)C1(C(=O)c2ccccc2)CCCCC1. The van der Waals surface area contributed by atoms with Gasteiger partial charge in [0.05, 0.1) is 6.61 Å². The number of hydrogen-bond acceptors (Lipinski definition) is 3. The van der Waals surface area contributed by atoms with Gasteiger partial charge in [0.1, 0.15) is 5.41 Å². The Morgan fingerprint density at radius 3 is 2.32 bits per heavy atom. The topological polar surface area (TPSA) is 43.4 Å². The lowest BCUT2D eigenvalue weighted by Gasteiger charge is -2.33. The van der Waals surface area contributed by atoms with E-state index in [0.717, 1.165) is 19.3 Å². The van der Waals surface area contributed by atoms with Crippen molar-refractivity contribution in [1.82, 2.24) is 0 Å². The summed E-state index contributed by atoms with van der Waals surface area (Å²) in [4.78, 5) is 25.0. The summed E-state index contributed by atoms with van der Waals surface area (Å²) in [5.41, 5.74) is -0.340. The van der Waals surface area contributed by atoms with E-state index in [1.807, 2.05) is 18.2 Å². The summed E-state index contributed by atoms with van der Waals surface area (Å²) in [6.45, 7) is 2.10. The van der Waals surface area contributed by atoms with Gasteiger partial charge in [0.25, 0.3) is 0 Å². The van der Waals surface area contributed by atoms with Gasteiger partial charge in [-0.25, -0.2) is 0 Å². The van der Waals surface area contributed by atoms with Gasteiger partial charge in [-0.2, -0.15) is 0 Å². The second-order valence-corrected chi connectivity index (χ2v) is 5.06. The Hall–Kier alpha value is -1.64. The van der Waals surface area contributed by atoms with Gasteiger partial charge in [0.2, 0.25) is 0 Å². The molecule has 1 aromatic rings. The number of ether oxygens (including phenoxy) is 1. The van der Waals surface area contributed by atoms with Gasteiger partial charge in [-0.1, -0.05) is 49.6 Å². The third-order valence-corrected chi connectivity index (χ3v) is 3.84. The fourth-order valence-corrected chi connectivity index (χ4v) is 2.81. The fraction of sp³-hybridized carbons (Fsp3) is 0.500. The van der Waals surface area contributed by atoms with Crippen molar-refractivity contribution in [2.45, 2.75) is 39.0 Å². The van der Waals surface area contributed by atoms with Crippen LogP contribution in [0.2, 0.25) is 0 Å². The molecule has 3 heteroatoms. The molecule has 0 radical (unpaired) electrons. The van der Waals surface area contributed by atoms with E-state index in [2.05, 4.69) is 0 Å². The molecule has 102 valence electrons. The first kappa shape index (κ1) is 13.8. The highest BCUT2D eigenvalue weighted by molar-refractivity contribution is 6.12. The Kier molecular flexibility index (Phi) is 4.35. The molecule has 1 fully saturated rings. The molecule has 0 aliphatic heterocycles. The van der Waals surface area contributed by atoms with Gasteiger partial charge < -0.3 is 4.74 Å². The predicted octanol–water partition coefficient (Wildman–Crippen LogP) is 3.38. The van der Waals surface area contributed by atoms with Crippen LogP contribution in [0.25, 0.3) is 0 Å². The first-order valence-electron chi connectivity index (χ1n) is 6.98. The normalized spacial score (nSPS) is 17.7. The molecule has 1 saturated carbocycles. The maximum absolute atomic E-state index is 12.7. The molecule has 1 aromatic carbocycles. The van der Waals surface area contributed by atoms with Crippen LogP contribution >= 0.6 is 0 Å². The number of esters is 1. The van der Waals surface area contributed by atoms with E-state index in [9.17, 15) is 9.59 Å². The molecule has 0 aromatic heterocycles. The summed E-state index contributed by atoms with van der Waals surface area (Å²) < 4.78 is 5.17. The van der Waals surface area contributed by atoms with E-state index in [4.69, 9.17) is 4.74 Å². The molecule has 0 atom stereocenters. The molecule has 3 nitrogen and oxygen atoms in total. The minimum atomic E-state index is -0.949. The summed E-state index contributed by atoms with van der Waals surface area (Å²) >= 11 is 0. The molecule has 0 N–H and O–H groups in total. The van der Waals surface area contributed by atoms with Crippen molar-refractivity contribution in [2.75, 3.05) is 6.61 Å². The second kappa shape index (κ2) is 6.00.